The number of methoxy groups -OCH3 is 1. The van der Waals surface area contributed by atoms with Crippen LogP contribution >= 0.6 is 0 Å². The quantitative estimate of drug-likeness (QED) is 0.597. The highest BCUT2D eigenvalue weighted by molar-refractivity contribution is 5.68. The van der Waals surface area contributed by atoms with E-state index in [-0.39, 0.29) is 17.7 Å². The van der Waals surface area contributed by atoms with Crippen molar-refractivity contribution in [1.82, 2.24) is 19.9 Å². The van der Waals surface area contributed by atoms with E-state index >= 15 is 0 Å². The zero-order chi connectivity index (χ0) is 20.6. The summed E-state index contributed by atoms with van der Waals surface area (Å²) in [6, 6.07) is 4.84. The maximum atomic E-state index is 11.3. The molecule has 1 saturated heterocycles. The molecule has 0 unspecified atom stereocenters. The lowest BCUT2D eigenvalue weighted by Gasteiger charge is -2.36. The van der Waals surface area contributed by atoms with Crippen LogP contribution in [0.25, 0.3) is 5.69 Å². The number of rotatable bonds is 3. The van der Waals surface area contributed by atoms with Gasteiger partial charge in [0, 0.05) is 30.6 Å². The van der Waals surface area contributed by atoms with Crippen LogP contribution in [0.5, 0.6) is 0 Å². The summed E-state index contributed by atoms with van der Waals surface area (Å²) >= 11 is 0. The number of aromatic nitrogens is 3. The molecule has 1 aliphatic heterocycles. The number of carbonyl (C=O) groups excluding carboxylic acids is 1. The zero-order valence-corrected chi connectivity index (χ0v) is 16.7. The van der Waals surface area contributed by atoms with Gasteiger partial charge in [-0.2, -0.15) is 15.0 Å². The topological polar surface area (TPSA) is 103 Å². The second kappa shape index (κ2) is 10.2. The molecular formula is C18H27N5O4. The number of nitro groups is 1. The third kappa shape index (κ3) is 5.02. The number of nitrogens with zero attached hydrogens (tertiary/aromatic N) is 5. The van der Waals surface area contributed by atoms with Gasteiger partial charge in [0.1, 0.15) is 0 Å². The molecule has 0 saturated carbocycles. The van der Waals surface area contributed by atoms with Crippen molar-refractivity contribution in [3.8, 4) is 5.69 Å². The molecule has 27 heavy (non-hydrogen) atoms. The van der Waals surface area contributed by atoms with E-state index in [4.69, 9.17) is 0 Å². The number of nitro benzene ring substituents is 1. The second-order valence-corrected chi connectivity index (χ2v) is 5.36. The summed E-state index contributed by atoms with van der Waals surface area (Å²) in [6.07, 6.45) is 1.26. The van der Waals surface area contributed by atoms with Gasteiger partial charge in [-0.25, -0.2) is 4.79 Å². The Morgan fingerprint density at radius 1 is 1.26 bits per heavy atom. The molecule has 0 N–H and O–H groups in total. The van der Waals surface area contributed by atoms with Crippen LogP contribution in [0, 0.1) is 17.0 Å². The Balaban J connectivity index is 0.000000855. The Morgan fingerprint density at radius 2 is 1.89 bits per heavy atom. The maximum absolute atomic E-state index is 11.3. The molecule has 1 aliphatic rings. The molecule has 1 amide bonds. The summed E-state index contributed by atoms with van der Waals surface area (Å²) in [5.41, 5.74) is 1.88. The van der Waals surface area contributed by atoms with Gasteiger partial charge in [-0.1, -0.05) is 33.8 Å². The number of benzene rings is 1. The molecule has 0 bridgehead atoms. The van der Waals surface area contributed by atoms with Crippen LogP contribution in [-0.4, -0.2) is 51.1 Å². The van der Waals surface area contributed by atoms with E-state index in [9.17, 15) is 14.9 Å². The van der Waals surface area contributed by atoms with Gasteiger partial charge in [-0.05, 0) is 13.0 Å². The lowest BCUT2D eigenvalue weighted by atomic mass is 9.98. The molecule has 1 aromatic carbocycles. The van der Waals surface area contributed by atoms with Gasteiger partial charge in [0.25, 0.3) is 5.69 Å². The summed E-state index contributed by atoms with van der Waals surface area (Å²) in [7, 11) is 1.34. The zero-order valence-electron chi connectivity index (χ0n) is 16.7. The van der Waals surface area contributed by atoms with Gasteiger partial charge in [0.05, 0.1) is 29.6 Å². The minimum Gasteiger partial charge on any atom is -0.453 e. The molecule has 0 radical (unpaired) electrons. The molecule has 2 aromatic rings. The molecular weight excluding hydrogens is 350 g/mol. The predicted molar refractivity (Wildman–Crippen MR) is 102 cm³/mol. The molecule has 1 aromatic heterocycles. The van der Waals surface area contributed by atoms with Crippen LogP contribution in [-0.2, 0) is 4.74 Å². The van der Waals surface area contributed by atoms with Crippen molar-refractivity contribution in [3.63, 3.8) is 0 Å². The lowest BCUT2D eigenvalue weighted by molar-refractivity contribution is -0.385. The number of hydrogen-bond acceptors (Lipinski definition) is 6. The highest BCUT2D eigenvalue weighted by Gasteiger charge is 2.34. The van der Waals surface area contributed by atoms with E-state index in [1.54, 1.807) is 30.2 Å². The Morgan fingerprint density at radius 3 is 2.44 bits per heavy atom. The van der Waals surface area contributed by atoms with Crippen molar-refractivity contribution in [2.24, 2.45) is 0 Å². The van der Waals surface area contributed by atoms with Crippen LogP contribution in [0.15, 0.2) is 24.4 Å². The summed E-state index contributed by atoms with van der Waals surface area (Å²) in [6.45, 7) is 10.7. The average molecular weight is 377 g/mol. The largest absolute Gasteiger partial charge is 0.453 e. The monoisotopic (exact) mass is 377 g/mol. The number of hydrogen-bond donors (Lipinski definition) is 0. The Kier molecular flexibility index (Phi) is 8.37. The fourth-order valence-electron chi connectivity index (χ4n) is 2.45. The minimum atomic E-state index is -0.427. The predicted octanol–water partition coefficient (Wildman–Crippen LogP) is 3.70. The van der Waals surface area contributed by atoms with Crippen LogP contribution in [0.1, 0.15) is 44.9 Å². The number of carbonyl (C=O) groups is 1. The van der Waals surface area contributed by atoms with E-state index in [2.05, 4.69) is 14.9 Å². The molecule has 9 heteroatoms. The molecule has 148 valence electrons. The van der Waals surface area contributed by atoms with Crippen molar-refractivity contribution in [1.29, 1.82) is 0 Å². The molecule has 0 atom stereocenters. The molecule has 9 nitrogen and oxygen atoms in total. The van der Waals surface area contributed by atoms with E-state index in [0.29, 0.717) is 24.3 Å². The summed E-state index contributed by atoms with van der Waals surface area (Å²) in [5.74, 6) is 0.100. The minimum absolute atomic E-state index is 0.0295. The maximum Gasteiger partial charge on any atom is 0.409 e. The van der Waals surface area contributed by atoms with Crippen molar-refractivity contribution in [3.05, 3.63) is 45.8 Å². The third-order valence-corrected chi connectivity index (χ3v) is 3.86. The van der Waals surface area contributed by atoms with Crippen LogP contribution in [0.2, 0.25) is 0 Å². The van der Waals surface area contributed by atoms with Gasteiger partial charge in [-0.15, -0.1) is 0 Å². The molecule has 2 heterocycles. The number of likely N-dealkylation sites (tertiary alicyclic amines) is 1. The number of amides is 1. The van der Waals surface area contributed by atoms with Crippen LogP contribution < -0.4 is 0 Å². The average Bonchev–Trinajstić information content (AvgIpc) is 3.13. The van der Waals surface area contributed by atoms with Crippen LogP contribution in [0.3, 0.4) is 0 Å². The van der Waals surface area contributed by atoms with E-state index in [1.165, 1.54) is 18.0 Å². The summed E-state index contributed by atoms with van der Waals surface area (Å²) < 4.78 is 4.64. The fourth-order valence-corrected chi connectivity index (χ4v) is 2.45. The van der Waals surface area contributed by atoms with Crippen molar-refractivity contribution in [2.75, 3.05) is 20.2 Å². The van der Waals surface area contributed by atoms with Crippen molar-refractivity contribution < 1.29 is 14.5 Å². The molecule has 0 aliphatic carbocycles. The van der Waals surface area contributed by atoms with E-state index in [0.717, 1.165) is 5.69 Å². The molecule has 3 rings (SSSR count). The van der Waals surface area contributed by atoms with Gasteiger partial charge in [-0.3, -0.25) is 10.1 Å². The van der Waals surface area contributed by atoms with Gasteiger partial charge >= 0.3 is 6.09 Å². The Bertz CT molecular complexity index is 769. The highest BCUT2D eigenvalue weighted by atomic mass is 16.6. The Hall–Kier alpha value is -2.97. The van der Waals surface area contributed by atoms with E-state index < -0.39 is 4.92 Å². The molecule has 0 spiro atoms. The second-order valence-electron chi connectivity index (χ2n) is 5.36. The normalized spacial score (nSPS) is 12.7. The first-order chi connectivity index (χ1) is 13.0. The van der Waals surface area contributed by atoms with Gasteiger partial charge in [0.2, 0.25) is 0 Å². The molecule has 1 fully saturated rings. The standard InChI is InChI=1S/C14H15N5O4.2C2H6/c1-9-3-4-11(5-13(9)19(21)22)18-15-6-12(16-18)10-7-17(8-10)14(20)23-2;2*1-2/h3-6,10H,7-8H2,1-2H3;2*1-2H3. The first-order valence-electron chi connectivity index (χ1n) is 9.00. The van der Waals surface area contributed by atoms with Gasteiger partial charge in [0.15, 0.2) is 0 Å². The first-order valence-corrected chi connectivity index (χ1v) is 9.00. The number of aryl methyl sites for hydroxylation is 1. The van der Waals surface area contributed by atoms with E-state index in [1.807, 2.05) is 27.7 Å². The van der Waals surface area contributed by atoms with Crippen molar-refractivity contribution >= 4 is 11.8 Å². The fraction of sp³-hybridized carbons (Fsp3) is 0.500. The SMILES string of the molecule is CC.CC.COC(=O)N1CC(c2cnn(-c3ccc(C)c([N+](=O)[O-])c3)n2)C1. The van der Waals surface area contributed by atoms with Crippen LogP contribution in [0.4, 0.5) is 10.5 Å². The highest BCUT2D eigenvalue weighted by Crippen LogP contribution is 2.26. The third-order valence-electron chi connectivity index (χ3n) is 3.86. The van der Waals surface area contributed by atoms with Gasteiger partial charge < -0.3 is 9.64 Å². The number of ether oxygens (including phenoxy) is 1. The summed E-state index contributed by atoms with van der Waals surface area (Å²) in [4.78, 5) is 24.8. The summed E-state index contributed by atoms with van der Waals surface area (Å²) in [5, 5.41) is 19.5. The first kappa shape index (κ1) is 22.1. The smallest absolute Gasteiger partial charge is 0.409 e. The van der Waals surface area contributed by atoms with Crippen molar-refractivity contribution in [2.45, 2.75) is 40.5 Å². The Labute approximate surface area is 159 Å². The lowest BCUT2D eigenvalue weighted by Crippen LogP contribution is -2.48.